The van der Waals surface area contributed by atoms with Crippen molar-refractivity contribution in [3.05, 3.63) is 59.1 Å². The number of piperidine rings is 1. The number of nitrogens with zero attached hydrogens (tertiary/aromatic N) is 1. The second-order valence-corrected chi connectivity index (χ2v) is 6.08. The molecule has 1 heterocycles. The summed E-state index contributed by atoms with van der Waals surface area (Å²) in [5.74, 6) is 0. The summed E-state index contributed by atoms with van der Waals surface area (Å²) in [7, 11) is 0. The minimum absolute atomic E-state index is 0.569. The molecule has 20 heavy (non-hydrogen) atoms. The Hall–Kier alpha value is -1.32. The average molecular weight is 331 g/mol. The van der Waals surface area contributed by atoms with Crippen LogP contribution in [0.3, 0.4) is 0 Å². The van der Waals surface area contributed by atoms with E-state index in [2.05, 4.69) is 80.7 Å². The molecule has 2 aromatic carbocycles. The minimum Gasteiger partial charge on any atom is -0.338 e. The van der Waals surface area contributed by atoms with Gasteiger partial charge in [0.2, 0.25) is 0 Å². The van der Waals surface area contributed by atoms with Gasteiger partial charge >= 0.3 is 0 Å². The summed E-state index contributed by atoms with van der Waals surface area (Å²) in [4.78, 5) is 2.48. The maximum absolute atomic E-state index is 3.52. The third kappa shape index (κ3) is 3.05. The lowest BCUT2D eigenvalue weighted by molar-refractivity contribution is 0.452. The highest BCUT2D eigenvalue weighted by Crippen LogP contribution is 2.31. The largest absolute Gasteiger partial charge is 0.338 e. The van der Waals surface area contributed by atoms with E-state index in [0.29, 0.717) is 6.04 Å². The van der Waals surface area contributed by atoms with Crippen molar-refractivity contribution in [1.29, 1.82) is 0 Å². The molecule has 0 unspecified atom stereocenters. The van der Waals surface area contributed by atoms with Gasteiger partial charge in [-0.25, -0.2) is 0 Å². The Kier molecular flexibility index (Phi) is 4.38. The number of para-hydroxylation sites is 1. The van der Waals surface area contributed by atoms with Crippen molar-refractivity contribution in [2.45, 2.75) is 18.9 Å². The maximum atomic E-state index is 3.52. The van der Waals surface area contributed by atoms with Gasteiger partial charge in [0.1, 0.15) is 0 Å². The standard InChI is InChI=1S/C17H19BrN2/c18-14-6-8-16(9-7-14)20(15-4-2-1-3-5-15)17-10-12-19-13-11-17/h1-9,17,19H,10-13H2. The molecule has 0 amide bonds. The molecule has 104 valence electrons. The van der Waals surface area contributed by atoms with E-state index >= 15 is 0 Å². The van der Waals surface area contributed by atoms with Gasteiger partial charge < -0.3 is 10.2 Å². The number of benzene rings is 2. The second-order valence-electron chi connectivity index (χ2n) is 5.16. The van der Waals surface area contributed by atoms with Gasteiger partial charge in [0, 0.05) is 21.9 Å². The van der Waals surface area contributed by atoms with Gasteiger partial charge in [-0.05, 0) is 62.3 Å². The van der Waals surface area contributed by atoms with Gasteiger partial charge in [0.25, 0.3) is 0 Å². The number of anilines is 2. The molecule has 0 saturated carbocycles. The SMILES string of the molecule is Brc1ccc(N(c2ccccc2)C2CCNCC2)cc1. The number of nitrogens with one attached hydrogen (secondary N) is 1. The molecule has 1 aliphatic heterocycles. The van der Waals surface area contributed by atoms with Crippen molar-refractivity contribution in [1.82, 2.24) is 5.32 Å². The van der Waals surface area contributed by atoms with Crippen molar-refractivity contribution in [3.63, 3.8) is 0 Å². The van der Waals surface area contributed by atoms with Crippen LogP contribution in [0.1, 0.15) is 12.8 Å². The number of hydrogen-bond acceptors (Lipinski definition) is 2. The van der Waals surface area contributed by atoms with E-state index in [-0.39, 0.29) is 0 Å². The Labute approximate surface area is 128 Å². The lowest BCUT2D eigenvalue weighted by atomic mass is 10.0. The quantitative estimate of drug-likeness (QED) is 0.900. The molecule has 0 atom stereocenters. The molecule has 2 aromatic rings. The molecule has 1 aliphatic rings. The molecule has 1 N–H and O–H groups in total. The van der Waals surface area contributed by atoms with Crippen LogP contribution < -0.4 is 10.2 Å². The smallest absolute Gasteiger partial charge is 0.0414 e. The fourth-order valence-electron chi connectivity index (χ4n) is 2.83. The zero-order chi connectivity index (χ0) is 13.8. The van der Waals surface area contributed by atoms with Crippen LogP contribution in [0, 0.1) is 0 Å². The zero-order valence-corrected chi connectivity index (χ0v) is 13.0. The summed E-state index contributed by atoms with van der Waals surface area (Å²) in [6.07, 6.45) is 2.37. The highest BCUT2D eigenvalue weighted by atomic mass is 79.9. The Bertz CT molecular complexity index is 533. The molecule has 0 radical (unpaired) electrons. The van der Waals surface area contributed by atoms with E-state index in [9.17, 15) is 0 Å². The van der Waals surface area contributed by atoms with Crippen molar-refractivity contribution < 1.29 is 0 Å². The summed E-state index contributed by atoms with van der Waals surface area (Å²) in [5, 5.41) is 3.45. The Balaban J connectivity index is 1.96. The molecule has 1 saturated heterocycles. The van der Waals surface area contributed by atoms with Crippen LogP contribution in [0.2, 0.25) is 0 Å². The van der Waals surface area contributed by atoms with E-state index in [4.69, 9.17) is 0 Å². The van der Waals surface area contributed by atoms with Gasteiger partial charge in [-0.15, -0.1) is 0 Å². The molecular formula is C17H19BrN2. The Morgan fingerprint density at radius 3 is 2.10 bits per heavy atom. The van der Waals surface area contributed by atoms with E-state index in [1.165, 1.54) is 24.2 Å². The third-order valence-electron chi connectivity index (χ3n) is 3.81. The summed E-state index contributed by atoms with van der Waals surface area (Å²) in [6.45, 7) is 2.20. The van der Waals surface area contributed by atoms with Crippen LogP contribution >= 0.6 is 15.9 Å². The first-order valence-electron chi connectivity index (χ1n) is 7.15. The van der Waals surface area contributed by atoms with Crippen molar-refractivity contribution in [2.24, 2.45) is 0 Å². The first-order valence-corrected chi connectivity index (χ1v) is 7.94. The van der Waals surface area contributed by atoms with Gasteiger partial charge in [-0.1, -0.05) is 34.1 Å². The fourth-order valence-corrected chi connectivity index (χ4v) is 3.09. The van der Waals surface area contributed by atoms with Crippen LogP contribution in [-0.4, -0.2) is 19.1 Å². The number of rotatable bonds is 3. The van der Waals surface area contributed by atoms with E-state index in [1.54, 1.807) is 0 Å². The fraction of sp³-hybridized carbons (Fsp3) is 0.294. The molecule has 0 aliphatic carbocycles. The maximum Gasteiger partial charge on any atom is 0.0414 e. The van der Waals surface area contributed by atoms with Gasteiger partial charge in [0.05, 0.1) is 0 Å². The van der Waals surface area contributed by atoms with Crippen molar-refractivity contribution >= 4 is 27.3 Å². The van der Waals surface area contributed by atoms with Crippen LogP contribution in [0.4, 0.5) is 11.4 Å². The predicted molar refractivity (Wildman–Crippen MR) is 88.6 cm³/mol. The summed E-state index contributed by atoms with van der Waals surface area (Å²) >= 11 is 3.52. The molecule has 0 spiro atoms. The average Bonchev–Trinajstić information content (AvgIpc) is 2.52. The van der Waals surface area contributed by atoms with Gasteiger partial charge in [-0.3, -0.25) is 0 Å². The van der Waals surface area contributed by atoms with Crippen LogP contribution in [0.5, 0.6) is 0 Å². The zero-order valence-electron chi connectivity index (χ0n) is 11.4. The predicted octanol–water partition coefficient (Wildman–Crippen LogP) is 4.34. The summed E-state index contributed by atoms with van der Waals surface area (Å²) in [5.41, 5.74) is 2.55. The molecule has 3 heteroatoms. The lowest BCUT2D eigenvalue weighted by Crippen LogP contribution is -2.40. The topological polar surface area (TPSA) is 15.3 Å². The summed E-state index contributed by atoms with van der Waals surface area (Å²) in [6, 6.07) is 19.9. The lowest BCUT2D eigenvalue weighted by Gasteiger charge is -2.36. The van der Waals surface area contributed by atoms with Crippen LogP contribution in [0.25, 0.3) is 0 Å². The minimum atomic E-state index is 0.569. The molecule has 3 rings (SSSR count). The molecule has 0 bridgehead atoms. The van der Waals surface area contributed by atoms with Crippen LogP contribution in [0.15, 0.2) is 59.1 Å². The molecule has 2 nitrogen and oxygen atoms in total. The normalized spacial score (nSPS) is 16.1. The third-order valence-corrected chi connectivity index (χ3v) is 4.34. The molecule has 1 fully saturated rings. The van der Waals surface area contributed by atoms with E-state index < -0.39 is 0 Å². The van der Waals surface area contributed by atoms with Gasteiger partial charge in [-0.2, -0.15) is 0 Å². The Morgan fingerprint density at radius 2 is 1.45 bits per heavy atom. The van der Waals surface area contributed by atoms with E-state index in [1.807, 2.05) is 0 Å². The molecule has 0 aromatic heterocycles. The first-order chi connectivity index (χ1) is 9.84. The van der Waals surface area contributed by atoms with Crippen molar-refractivity contribution in [2.75, 3.05) is 18.0 Å². The summed E-state index contributed by atoms with van der Waals surface area (Å²) < 4.78 is 1.12. The Morgan fingerprint density at radius 1 is 0.850 bits per heavy atom. The van der Waals surface area contributed by atoms with Gasteiger partial charge in [0.15, 0.2) is 0 Å². The number of hydrogen-bond donors (Lipinski definition) is 1. The first kappa shape index (κ1) is 13.7. The molecular weight excluding hydrogens is 312 g/mol. The van der Waals surface area contributed by atoms with Crippen LogP contribution in [-0.2, 0) is 0 Å². The highest BCUT2D eigenvalue weighted by molar-refractivity contribution is 9.10. The monoisotopic (exact) mass is 330 g/mol. The van der Waals surface area contributed by atoms with E-state index in [0.717, 1.165) is 17.6 Å². The second kappa shape index (κ2) is 6.42. The number of halogens is 1. The van der Waals surface area contributed by atoms with Crippen molar-refractivity contribution in [3.8, 4) is 0 Å². The highest BCUT2D eigenvalue weighted by Gasteiger charge is 2.22.